The number of halogens is 1. The van der Waals surface area contributed by atoms with Crippen molar-refractivity contribution in [1.82, 2.24) is 9.97 Å². The Hall–Kier alpha value is -0.870. The van der Waals surface area contributed by atoms with E-state index in [4.69, 9.17) is 16.3 Å². The first-order valence-corrected chi connectivity index (χ1v) is 8.23. The molecule has 1 N–H and O–H groups in total. The lowest BCUT2D eigenvalue weighted by Crippen LogP contribution is -2.48. The van der Waals surface area contributed by atoms with Gasteiger partial charge in [0.15, 0.2) is 0 Å². The maximum atomic E-state index is 10.2. The van der Waals surface area contributed by atoms with Crippen LogP contribution < -0.4 is 4.74 Å². The number of nitrogens with zero attached hydrogens (tertiary/aromatic N) is 2. The Morgan fingerprint density at radius 1 is 1.38 bits per heavy atom. The molecule has 1 aromatic rings. The van der Waals surface area contributed by atoms with Gasteiger partial charge in [-0.25, -0.2) is 4.98 Å². The number of hydrogen-bond acceptors (Lipinski definition) is 4. The fraction of sp³-hybridized carbons (Fsp3) is 0.750. The monoisotopic (exact) mass is 310 g/mol. The molecule has 21 heavy (non-hydrogen) atoms. The molecule has 0 aromatic carbocycles. The number of ether oxygens (including phenoxy) is 1. The van der Waals surface area contributed by atoms with Crippen molar-refractivity contribution < 1.29 is 9.84 Å². The van der Waals surface area contributed by atoms with E-state index in [0.717, 1.165) is 36.9 Å². The first-order valence-electron chi connectivity index (χ1n) is 7.85. The molecule has 0 aliphatic heterocycles. The van der Waals surface area contributed by atoms with Crippen LogP contribution >= 0.6 is 11.6 Å². The van der Waals surface area contributed by atoms with Gasteiger partial charge >= 0.3 is 0 Å². The van der Waals surface area contributed by atoms with Crippen molar-refractivity contribution >= 4 is 11.6 Å². The van der Waals surface area contributed by atoms with Gasteiger partial charge < -0.3 is 9.84 Å². The SMILES string of the molecule is CCOc1nc(Cl)nc2c1CC[C@H]1[C@H](C)C(O)CC[C@]21C. The van der Waals surface area contributed by atoms with Gasteiger partial charge in [0.25, 0.3) is 0 Å². The van der Waals surface area contributed by atoms with E-state index >= 15 is 0 Å². The predicted octanol–water partition coefficient (Wildman–Crippen LogP) is 3.14. The Bertz CT molecular complexity index is 551. The van der Waals surface area contributed by atoms with Crippen molar-refractivity contribution in [2.45, 2.75) is 58.0 Å². The van der Waals surface area contributed by atoms with Crippen LogP contribution in [0.5, 0.6) is 5.88 Å². The molecule has 0 saturated heterocycles. The topological polar surface area (TPSA) is 55.2 Å². The van der Waals surface area contributed by atoms with Crippen LogP contribution in [0.2, 0.25) is 5.28 Å². The molecule has 0 bridgehead atoms. The zero-order valence-electron chi connectivity index (χ0n) is 12.9. The molecule has 2 aliphatic carbocycles. The van der Waals surface area contributed by atoms with E-state index < -0.39 is 0 Å². The van der Waals surface area contributed by atoms with Crippen molar-refractivity contribution in [1.29, 1.82) is 0 Å². The Morgan fingerprint density at radius 3 is 2.86 bits per heavy atom. The molecule has 4 atom stereocenters. The van der Waals surface area contributed by atoms with Gasteiger partial charge in [-0.3, -0.25) is 0 Å². The third kappa shape index (κ3) is 2.33. The summed E-state index contributed by atoms with van der Waals surface area (Å²) in [5.74, 6) is 1.38. The molecule has 0 spiro atoms. The highest BCUT2D eigenvalue weighted by Gasteiger charge is 2.49. The van der Waals surface area contributed by atoms with Crippen molar-refractivity contribution in [3.8, 4) is 5.88 Å². The van der Waals surface area contributed by atoms with E-state index in [2.05, 4.69) is 23.8 Å². The van der Waals surface area contributed by atoms with Crippen LogP contribution in [0.15, 0.2) is 0 Å². The zero-order valence-corrected chi connectivity index (χ0v) is 13.7. The quantitative estimate of drug-likeness (QED) is 0.853. The Morgan fingerprint density at radius 2 is 2.14 bits per heavy atom. The molecule has 0 radical (unpaired) electrons. The second-order valence-corrected chi connectivity index (χ2v) is 6.92. The van der Waals surface area contributed by atoms with Crippen LogP contribution in [-0.2, 0) is 11.8 Å². The Kier molecular flexibility index (Phi) is 3.87. The van der Waals surface area contributed by atoms with Gasteiger partial charge in [0.1, 0.15) is 0 Å². The average Bonchev–Trinajstić information content (AvgIpc) is 2.44. The van der Waals surface area contributed by atoms with Crippen LogP contribution in [0, 0.1) is 11.8 Å². The molecule has 1 heterocycles. The molecule has 2 aliphatic rings. The van der Waals surface area contributed by atoms with Gasteiger partial charge in [-0.05, 0) is 56.0 Å². The predicted molar refractivity (Wildman–Crippen MR) is 81.8 cm³/mol. The van der Waals surface area contributed by atoms with Crippen LogP contribution in [0.3, 0.4) is 0 Å². The molecule has 1 fully saturated rings. The summed E-state index contributed by atoms with van der Waals surface area (Å²) in [5, 5.41) is 10.5. The number of rotatable bonds is 2. The van der Waals surface area contributed by atoms with E-state index in [1.165, 1.54) is 0 Å². The Labute approximate surface area is 130 Å². The van der Waals surface area contributed by atoms with Crippen molar-refractivity contribution in [2.24, 2.45) is 11.8 Å². The first kappa shape index (κ1) is 15.0. The highest BCUT2D eigenvalue weighted by Crippen LogP contribution is 2.52. The molecule has 1 aromatic heterocycles. The number of aliphatic hydroxyl groups is 1. The van der Waals surface area contributed by atoms with Gasteiger partial charge in [0.2, 0.25) is 11.2 Å². The van der Waals surface area contributed by atoms with Gasteiger partial charge in [0.05, 0.1) is 18.4 Å². The highest BCUT2D eigenvalue weighted by atomic mass is 35.5. The summed E-state index contributed by atoms with van der Waals surface area (Å²) in [6.45, 7) is 6.95. The van der Waals surface area contributed by atoms with Crippen LogP contribution in [0.25, 0.3) is 0 Å². The lowest BCUT2D eigenvalue weighted by atomic mass is 9.56. The Balaban J connectivity index is 2.09. The summed E-state index contributed by atoms with van der Waals surface area (Å²) < 4.78 is 5.67. The molecule has 5 heteroatoms. The van der Waals surface area contributed by atoms with E-state index in [-0.39, 0.29) is 16.8 Å². The number of fused-ring (bicyclic) bond motifs is 3. The molecule has 0 amide bonds. The number of hydrogen-bond donors (Lipinski definition) is 1. The standard InChI is InChI=1S/C16H23ClN2O2/c1-4-21-14-10-5-6-11-9(2)12(20)7-8-16(11,3)13(10)18-15(17)19-14/h9,11-12,20H,4-8H2,1-3H3/t9-,11-,12?,16-/m0/s1. The third-order valence-corrected chi connectivity index (χ3v) is 5.66. The van der Waals surface area contributed by atoms with E-state index in [1.54, 1.807) is 0 Å². The molecule has 3 rings (SSSR count). The van der Waals surface area contributed by atoms with Gasteiger partial charge in [-0.15, -0.1) is 0 Å². The van der Waals surface area contributed by atoms with Crippen LogP contribution in [0.4, 0.5) is 0 Å². The van der Waals surface area contributed by atoms with Gasteiger partial charge in [-0.2, -0.15) is 4.98 Å². The summed E-state index contributed by atoms with van der Waals surface area (Å²) in [6.07, 6.45) is 3.51. The second-order valence-electron chi connectivity index (χ2n) is 6.59. The number of aromatic nitrogens is 2. The molecule has 4 nitrogen and oxygen atoms in total. The summed E-state index contributed by atoms with van der Waals surface area (Å²) in [5.41, 5.74) is 2.12. The van der Waals surface area contributed by atoms with Crippen molar-refractivity contribution in [3.63, 3.8) is 0 Å². The summed E-state index contributed by atoms with van der Waals surface area (Å²) in [6, 6.07) is 0. The summed E-state index contributed by atoms with van der Waals surface area (Å²) >= 11 is 6.12. The highest BCUT2D eigenvalue weighted by molar-refractivity contribution is 6.28. The maximum Gasteiger partial charge on any atom is 0.225 e. The minimum atomic E-state index is -0.201. The second kappa shape index (κ2) is 5.40. The average molecular weight is 311 g/mol. The third-order valence-electron chi connectivity index (χ3n) is 5.49. The normalized spacial score (nSPS) is 35.0. The van der Waals surface area contributed by atoms with Gasteiger partial charge in [0, 0.05) is 11.0 Å². The lowest BCUT2D eigenvalue weighted by molar-refractivity contribution is -0.00912. The van der Waals surface area contributed by atoms with E-state index in [0.29, 0.717) is 24.3 Å². The van der Waals surface area contributed by atoms with E-state index in [1.807, 2.05) is 6.92 Å². The molecular weight excluding hydrogens is 288 g/mol. The maximum absolute atomic E-state index is 10.2. The van der Waals surface area contributed by atoms with E-state index in [9.17, 15) is 5.11 Å². The molecule has 1 saturated carbocycles. The largest absolute Gasteiger partial charge is 0.478 e. The van der Waals surface area contributed by atoms with Crippen LogP contribution in [-0.4, -0.2) is 27.8 Å². The fourth-order valence-electron chi connectivity index (χ4n) is 4.31. The van der Waals surface area contributed by atoms with Crippen molar-refractivity contribution in [3.05, 3.63) is 16.5 Å². The minimum Gasteiger partial charge on any atom is -0.478 e. The number of aliphatic hydroxyl groups excluding tert-OH is 1. The summed E-state index contributed by atoms with van der Waals surface area (Å²) in [4.78, 5) is 8.83. The summed E-state index contributed by atoms with van der Waals surface area (Å²) in [7, 11) is 0. The van der Waals surface area contributed by atoms with Crippen molar-refractivity contribution in [2.75, 3.05) is 6.61 Å². The minimum absolute atomic E-state index is 0.0370. The smallest absolute Gasteiger partial charge is 0.225 e. The molecule has 1 unspecified atom stereocenters. The molecule has 116 valence electrons. The fourth-order valence-corrected chi connectivity index (χ4v) is 4.47. The zero-order chi connectivity index (χ0) is 15.2. The lowest BCUT2D eigenvalue weighted by Gasteiger charge is -2.50. The van der Waals surface area contributed by atoms with Gasteiger partial charge in [-0.1, -0.05) is 13.8 Å². The first-order chi connectivity index (χ1) is 9.97. The van der Waals surface area contributed by atoms with Crippen LogP contribution in [0.1, 0.15) is 51.3 Å². The molecular formula is C16H23ClN2O2.